The molecule has 20 heavy (non-hydrogen) atoms. The fourth-order valence-electron chi connectivity index (χ4n) is 1.68. The van der Waals surface area contributed by atoms with Gasteiger partial charge >= 0.3 is 0 Å². The van der Waals surface area contributed by atoms with E-state index in [1.807, 2.05) is 44.0 Å². The van der Waals surface area contributed by atoms with Gasteiger partial charge in [-0.3, -0.25) is 0 Å². The molecule has 0 spiro atoms. The quantitative estimate of drug-likeness (QED) is 0.761. The van der Waals surface area contributed by atoms with Crippen molar-refractivity contribution in [3.8, 4) is 5.75 Å². The topological polar surface area (TPSA) is 41.9 Å². The molecule has 0 radical (unpaired) electrons. The van der Waals surface area contributed by atoms with Gasteiger partial charge in [-0.05, 0) is 39.1 Å². The van der Waals surface area contributed by atoms with Crippen LogP contribution in [0.25, 0.3) is 0 Å². The molecule has 5 heteroatoms. The SMILES string of the molecule is CC(C)OCC(O)CN(C)CCOc1cccc(Cl)c1. The molecule has 0 aliphatic carbocycles. The van der Waals surface area contributed by atoms with Gasteiger partial charge in [0.25, 0.3) is 0 Å². The van der Waals surface area contributed by atoms with E-state index in [2.05, 4.69) is 0 Å². The van der Waals surface area contributed by atoms with E-state index in [-0.39, 0.29) is 6.10 Å². The number of aliphatic hydroxyl groups is 1. The molecule has 0 aliphatic heterocycles. The summed E-state index contributed by atoms with van der Waals surface area (Å²) in [4.78, 5) is 2.01. The third-order valence-electron chi connectivity index (χ3n) is 2.68. The number of hydrogen-bond donors (Lipinski definition) is 1. The van der Waals surface area contributed by atoms with E-state index in [0.29, 0.717) is 24.8 Å². The minimum atomic E-state index is -0.478. The Kier molecular flexibility index (Phi) is 7.92. The summed E-state index contributed by atoms with van der Waals surface area (Å²) in [5.41, 5.74) is 0. The largest absolute Gasteiger partial charge is 0.492 e. The average Bonchev–Trinajstić information content (AvgIpc) is 2.36. The molecule has 0 amide bonds. The Labute approximate surface area is 126 Å². The van der Waals surface area contributed by atoms with Gasteiger partial charge < -0.3 is 19.5 Å². The van der Waals surface area contributed by atoms with Crippen molar-refractivity contribution in [3.63, 3.8) is 0 Å². The number of ether oxygens (including phenoxy) is 2. The van der Waals surface area contributed by atoms with Crippen molar-refractivity contribution in [2.24, 2.45) is 0 Å². The lowest BCUT2D eigenvalue weighted by molar-refractivity contribution is -0.00649. The Bertz CT molecular complexity index is 387. The second-order valence-electron chi connectivity index (χ2n) is 5.10. The highest BCUT2D eigenvalue weighted by Gasteiger charge is 2.09. The Morgan fingerprint density at radius 1 is 1.35 bits per heavy atom. The van der Waals surface area contributed by atoms with E-state index < -0.39 is 6.10 Å². The van der Waals surface area contributed by atoms with Crippen LogP contribution in [0, 0.1) is 0 Å². The zero-order chi connectivity index (χ0) is 15.0. The molecule has 1 aromatic carbocycles. The summed E-state index contributed by atoms with van der Waals surface area (Å²) in [6.45, 7) is 6.10. The van der Waals surface area contributed by atoms with Gasteiger partial charge in [0.05, 0.1) is 18.8 Å². The van der Waals surface area contributed by atoms with Crippen LogP contribution in [-0.4, -0.2) is 55.6 Å². The second kappa shape index (κ2) is 9.19. The molecule has 0 saturated heterocycles. The van der Waals surface area contributed by atoms with Crippen LogP contribution in [0.3, 0.4) is 0 Å². The zero-order valence-electron chi connectivity index (χ0n) is 12.4. The van der Waals surface area contributed by atoms with Crippen LogP contribution in [0.15, 0.2) is 24.3 Å². The summed E-state index contributed by atoms with van der Waals surface area (Å²) in [5, 5.41) is 10.5. The van der Waals surface area contributed by atoms with E-state index in [1.165, 1.54) is 0 Å². The highest BCUT2D eigenvalue weighted by molar-refractivity contribution is 6.30. The predicted octanol–water partition coefficient (Wildman–Crippen LogP) is 2.44. The summed E-state index contributed by atoms with van der Waals surface area (Å²) in [6.07, 6.45) is -0.338. The predicted molar refractivity (Wildman–Crippen MR) is 81.5 cm³/mol. The summed E-state index contributed by atoms with van der Waals surface area (Å²) in [7, 11) is 1.94. The second-order valence-corrected chi connectivity index (χ2v) is 5.54. The first-order valence-corrected chi connectivity index (χ1v) is 7.21. The molecule has 1 unspecified atom stereocenters. The zero-order valence-corrected chi connectivity index (χ0v) is 13.1. The van der Waals surface area contributed by atoms with Gasteiger partial charge in [0.2, 0.25) is 0 Å². The maximum Gasteiger partial charge on any atom is 0.120 e. The molecule has 1 rings (SSSR count). The number of likely N-dealkylation sites (N-methyl/N-ethyl adjacent to an activating group) is 1. The molecule has 1 aromatic rings. The van der Waals surface area contributed by atoms with Crippen LogP contribution in [-0.2, 0) is 4.74 Å². The van der Waals surface area contributed by atoms with Crippen LogP contribution in [0.4, 0.5) is 0 Å². The molecular weight excluding hydrogens is 278 g/mol. The molecule has 4 nitrogen and oxygen atoms in total. The Hall–Kier alpha value is -0.810. The van der Waals surface area contributed by atoms with Crippen LogP contribution >= 0.6 is 11.6 Å². The maximum absolute atomic E-state index is 9.80. The van der Waals surface area contributed by atoms with Crippen LogP contribution < -0.4 is 4.74 Å². The van der Waals surface area contributed by atoms with Gasteiger partial charge in [0.1, 0.15) is 12.4 Å². The summed E-state index contributed by atoms with van der Waals surface area (Å²) in [5.74, 6) is 0.759. The minimum Gasteiger partial charge on any atom is -0.492 e. The van der Waals surface area contributed by atoms with Gasteiger partial charge in [-0.1, -0.05) is 17.7 Å². The Balaban J connectivity index is 2.18. The van der Waals surface area contributed by atoms with E-state index in [9.17, 15) is 5.11 Å². The summed E-state index contributed by atoms with van der Waals surface area (Å²) >= 11 is 5.88. The molecule has 0 fully saturated rings. The molecule has 1 N–H and O–H groups in total. The minimum absolute atomic E-state index is 0.140. The monoisotopic (exact) mass is 301 g/mol. The van der Waals surface area contributed by atoms with Gasteiger partial charge in [0.15, 0.2) is 0 Å². The van der Waals surface area contributed by atoms with Gasteiger partial charge in [-0.25, -0.2) is 0 Å². The Morgan fingerprint density at radius 2 is 2.10 bits per heavy atom. The molecule has 1 atom stereocenters. The van der Waals surface area contributed by atoms with Crippen LogP contribution in [0.2, 0.25) is 5.02 Å². The Morgan fingerprint density at radius 3 is 2.75 bits per heavy atom. The maximum atomic E-state index is 9.80. The molecule has 0 heterocycles. The van der Waals surface area contributed by atoms with Crippen molar-refractivity contribution < 1.29 is 14.6 Å². The lowest BCUT2D eigenvalue weighted by Gasteiger charge is -2.21. The lowest BCUT2D eigenvalue weighted by atomic mass is 10.3. The number of halogens is 1. The molecule has 0 bridgehead atoms. The highest BCUT2D eigenvalue weighted by atomic mass is 35.5. The number of benzene rings is 1. The molecule has 0 saturated carbocycles. The fraction of sp³-hybridized carbons (Fsp3) is 0.600. The third-order valence-corrected chi connectivity index (χ3v) is 2.92. The van der Waals surface area contributed by atoms with E-state index in [0.717, 1.165) is 12.3 Å². The standard InChI is InChI=1S/C15H24ClNO3/c1-12(2)20-11-14(18)10-17(3)7-8-19-15-6-4-5-13(16)9-15/h4-6,9,12,14,18H,7-8,10-11H2,1-3H3. The van der Waals surface area contributed by atoms with Gasteiger partial charge in [-0.15, -0.1) is 0 Å². The first-order chi connectivity index (χ1) is 9.47. The molecule has 114 valence electrons. The molecule has 0 aromatic heterocycles. The van der Waals surface area contributed by atoms with Crippen molar-refractivity contribution in [1.29, 1.82) is 0 Å². The molecule has 0 aliphatic rings. The third kappa shape index (κ3) is 7.70. The molecular formula is C15H24ClNO3. The van der Waals surface area contributed by atoms with Crippen molar-refractivity contribution in [2.75, 3.05) is 33.4 Å². The first kappa shape index (κ1) is 17.2. The number of aliphatic hydroxyl groups excluding tert-OH is 1. The normalized spacial score (nSPS) is 12.9. The van der Waals surface area contributed by atoms with Gasteiger partial charge in [-0.2, -0.15) is 0 Å². The number of nitrogens with zero attached hydrogens (tertiary/aromatic N) is 1. The van der Waals surface area contributed by atoms with E-state index >= 15 is 0 Å². The summed E-state index contributed by atoms with van der Waals surface area (Å²) in [6, 6.07) is 7.32. The van der Waals surface area contributed by atoms with Crippen molar-refractivity contribution in [2.45, 2.75) is 26.1 Å². The van der Waals surface area contributed by atoms with Crippen LogP contribution in [0.5, 0.6) is 5.75 Å². The highest BCUT2D eigenvalue weighted by Crippen LogP contribution is 2.16. The summed E-state index contributed by atoms with van der Waals surface area (Å²) < 4.78 is 11.0. The van der Waals surface area contributed by atoms with Crippen molar-refractivity contribution in [3.05, 3.63) is 29.3 Å². The van der Waals surface area contributed by atoms with Crippen LogP contribution in [0.1, 0.15) is 13.8 Å². The van der Waals surface area contributed by atoms with E-state index in [4.69, 9.17) is 21.1 Å². The number of hydrogen-bond acceptors (Lipinski definition) is 4. The fourth-order valence-corrected chi connectivity index (χ4v) is 1.86. The van der Waals surface area contributed by atoms with Crippen molar-refractivity contribution >= 4 is 11.6 Å². The van der Waals surface area contributed by atoms with Gasteiger partial charge in [0, 0.05) is 18.1 Å². The smallest absolute Gasteiger partial charge is 0.120 e. The van der Waals surface area contributed by atoms with E-state index in [1.54, 1.807) is 6.07 Å². The average molecular weight is 302 g/mol. The number of rotatable bonds is 9. The van der Waals surface area contributed by atoms with Crippen molar-refractivity contribution in [1.82, 2.24) is 4.90 Å². The first-order valence-electron chi connectivity index (χ1n) is 6.84. The lowest BCUT2D eigenvalue weighted by Crippen LogP contribution is -2.35.